The highest BCUT2D eigenvalue weighted by atomic mass is 16.4. The van der Waals surface area contributed by atoms with Crippen molar-refractivity contribution in [2.75, 3.05) is 0 Å². The Hall–Kier alpha value is -4.13. The number of rotatable bonds is 6. The van der Waals surface area contributed by atoms with Crippen molar-refractivity contribution in [3.8, 4) is 0 Å². The summed E-state index contributed by atoms with van der Waals surface area (Å²) in [6, 6.07) is 21.7. The zero-order valence-electron chi connectivity index (χ0n) is 19.3. The third kappa shape index (κ3) is 4.49. The third-order valence-electron chi connectivity index (χ3n) is 7.07. The Morgan fingerprint density at radius 2 is 1.71 bits per heavy atom. The number of aliphatic carboxylic acids is 1. The standard InChI is InChI=1S/C28H28N4O3/c29-26(30)20-9-8-19-14-25(27(33)31-22-12-10-18(11-13-22)28(34)35)32(24(19)15-20)16-21-6-3-5-17-4-1-2-7-23(17)21/h1-9,14-15,18,22H,10-13,16H2,(H3,29,30)(H,31,33)(H,34,35). The zero-order chi connectivity index (χ0) is 24.5. The number of nitrogens with two attached hydrogens (primary N) is 1. The van der Waals surface area contributed by atoms with E-state index in [4.69, 9.17) is 11.1 Å². The number of carboxylic acid groups (broad SMARTS) is 1. The first-order valence-electron chi connectivity index (χ1n) is 11.9. The number of aromatic nitrogens is 1. The largest absolute Gasteiger partial charge is 0.481 e. The van der Waals surface area contributed by atoms with Crippen molar-refractivity contribution < 1.29 is 14.7 Å². The Bertz CT molecular complexity index is 1440. The SMILES string of the molecule is N=C(N)c1ccc2cc(C(=O)NC3CCC(C(=O)O)CC3)n(Cc3cccc4ccccc34)c2c1. The fraction of sp³-hybridized carbons (Fsp3) is 0.250. The Morgan fingerprint density at radius 3 is 2.46 bits per heavy atom. The summed E-state index contributed by atoms with van der Waals surface area (Å²) in [5.41, 5.74) is 8.83. The average molecular weight is 469 g/mol. The summed E-state index contributed by atoms with van der Waals surface area (Å²) in [5, 5.41) is 23.4. The molecule has 3 aromatic carbocycles. The molecule has 0 radical (unpaired) electrons. The van der Waals surface area contributed by atoms with Gasteiger partial charge in [-0.25, -0.2) is 0 Å². The van der Waals surface area contributed by atoms with E-state index in [9.17, 15) is 14.7 Å². The summed E-state index contributed by atoms with van der Waals surface area (Å²) in [6.45, 7) is 0.487. The maximum Gasteiger partial charge on any atom is 0.306 e. The summed E-state index contributed by atoms with van der Waals surface area (Å²) in [6.07, 6.45) is 2.45. The highest BCUT2D eigenvalue weighted by Gasteiger charge is 2.28. The number of carbonyl (C=O) groups excluding carboxylic acids is 1. The Balaban J connectivity index is 1.52. The molecule has 1 heterocycles. The van der Waals surface area contributed by atoms with Crippen LogP contribution in [0.4, 0.5) is 0 Å². The molecule has 1 amide bonds. The molecular formula is C28H28N4O3. The normalized spacial score (nSPS) is 17.9. The number of hydrogen-bond acceptors (Lipinski definition) is 3. The van der Waals surface area contributed by atoms with Crippen LogP contribution in [0.5, 0.6) is 0 Å². The topological polar surface area (TPSA) is 121 Å². The van der Waals surface area contributed by atoms with Crippen LogP contribution >= 0.6 is 0 Å². The van der Waals surface area contributed by atoms with Crippen molar-refractivity contribution in [2.24, 2.45) is 11.7 Å². The van der Waals surface area contributed by atoms with Gasteiger partial charge in [0.1, 0.15) is 11.5 Å². The predicted octanol–water partition coefficient (Wildman–Crippen LogP) is 4.50. The molecule has 4 aromatic rings. The van der Waals surface area contributed by atoms with Crippen LogP contribution in [0.3, 0.4) is 0 Å². The lowest BCUT2D eigenvalue weighted by molar-refractivity contribution is -0.142. The van der Waals surface area contributed by atoms with E-state index in [-0.39, 0.29) is 23.7 Å². The monoisotopic (exact) mass is 468 g/mol. The first-order chi connectivity index (χ1) is 16.9. The van der Waals surface area contributed by atoms with Gasteiger partial charge in [-0.1, -0.05) is 54.6 Å². The lowest BCUT2D eigenvalue weighted by Crippen LogP contribution is -2.39. The van der Waals surface area contributed by atoms with Crippen molar-refractivity contribution >= 4 is 39.4 Å². The lowest BCUT2D eigenvalue weighted by atomic mass is 9.86. The zero-order valence-corrected chi connectivity index (χ0v) is 19.3. The third-order valence-corrected chi connectivity index (χ3v) is 7.07. The van der Waals surface area contributed by atoms with Crippen LogP contribution in [0.2, 0.25) is 0 Å². The van der Waals surface area contributed by atoms with Crippen molar-refractivity contribution in [2.45, 2.75) is 38.3 Å². The molecule has 5 N–H and O–H groups in total. The van der Waals surface area contributed by atoms with Crippen LogP contribution < -0.4 is 11.1 Å². The molecule has 1 aliphatic rings. The van der Waals surface area contributed by atoms with E-state index < -0.39 is 5.97 Å². The summed E-state index contributed by atoms with van der Waals surface area (Å²) >= 11 is 0. The van der Waals surface area contributed by atoms with Crippen LogP contribution in [0, 0.1) is 11.3 Å². The number of nitrogen functional groups attached to an aromatic ring is 1. The van der Waals surface area contributed by atoms with Crippen LogP contribution in [-0.4, -0.2) is 33.4 Å². The minimum absolute atomic E-state index is 0.0222. The first-order valence-corrected chi connectivity index (χ1v) is 11.9. The number of nitrogens with zero attached hydrogens (tertiary/aromatic N) is 1. The van der Waals surface area contributed by atoms with Gasteiger partial charge >= 0.3 is 5.97 Å². The van der Waals surface area contributed by atoms with Gasteiger partial charge in [-0.2, -0.15) is 0 Å². The van der Waals surface area contributed by atoms with E-state index in [1.54, 1.807) is 6.07 Å². The minimum Gasteiger partial charge on any atom is -0.481 e. The van der Waals surface area contributed by atoms with E-state index in [1.165, 1.54) is 0 Å². The van der Waals surface area contributed by atoms with Gasteiger partial charge in [0, 0.05) is 29.1 Å². The van der Waals surface area contributed by atoms with Crippen molar-refractivity contribution in [1.82, 2.24) is 9.88 Å². The maximum atomic E-state index is 13.5. The summed E-state index contributed by atoms with van der Waals surface area (Å²) in [5.74, 6) is -1.28. The highest BCUT2D eigenvalue weighted by Crippen LogP contribution is 2.28. The molecule has 0 unspecified atom stereocenters. The number of nitrogens with one attached hydrogen (secondary N) is 2. The fourth-order valence-corrected chi connectivity index (χ4v) is 5.13. The van der Waals surface area contributed by atoms with Crippen molar-refractivity contribution in [3.05, 3.63) is 83.6 Å². The van der Waals surface area contributed by atoms with Crippen molar-refractivity contribution in [1.29, 1.82) is 5.41 Å². The Morgan fingerprint density at radius 1 is 0.971 bits per heavy atom. The van der Waals surface area contributed by atoms with E-state index in [0.717, 1.165) is 27.2 Å². The minimum atomic E-state index is -0.758. The number of fused-ring (bicyclic) bond motifs is 2. The molecule has 0 saturated heterocycles. The molecule has 1 aromatic heterocycles. The summed E-state index contributed by atoms with van der Waals surface area (Å²) in [7, 11) is 0. The molecule has 5 rings (SSSR count). The van der Waals surface area contributed by atoms with Gasteiger partial charge in [0.25, 0.3) is 5.91 Å². The van der Waals surface area contributed by atoms with E-state index in [0.29, 0.717) is 43.5 Å². The second-order valence-electron chi connectivity index (χ2n) is 9.30. The first kappa shape index (κ1) is 22.7. The van der Waals surface area contributed by atoms with Gasteiger partial charge in [-0.05, 0) is 54.2 Å². The number of carbonyl (C=O) groups is 2. The fourth-order valence-electron chi connectivity index (χ4n) is 5.13. The van der Waals surface area contributed by atoms with Gasteiger partial charge in [0.2, 0.25) is 0 Å². The number of hydrogen-bond donors (Lipinski definition) is 4. The van der Waals surface area contributed by atoms with E-state index >= 15 is 0 Å². The van der Waals surface area contributed by atoms with Gasteiger partial charge in [-0.3, -0.25) is 15.0 Å². The van der Waals surface area contributed by atoms with Crippen LogP contribution in [-0.2, 0) is 11.3 Å². The number of amides is 1. The number of amidine groups is 1. The molecule has 1 fully saturated rings. The molecule has 0 spiro atoms. The molecule has 1 aliphatic carbocycles. The van der Waals surface area contributed by atoms with Gasteiger partial charge in [-0.15, -0.1) is 0 Å². The van der Waals surface area contributed by atoms with Crippen LogP contribution in [0.1, 0.15) is 47.3 Å². The Kier molecular flexibility index (Phi) is 5.99. The van der Waals surface area contributed by atoms with Gasteiger partial charge in [0.15, 0.2) is 0 Å². The smallest absolute Gasteiger partial charge is 0.306 e. The van der Waals surface area contributed by atoms with Crippen molar-refractivity contribution in [3.63, 3.8) is 0 Å². The number of carboxylic acids is 1. The van der Waals surface area contributed by atoms with Crippen LogP contribution in [0.15, 0.2) is 66.7 Å². The lowest BCUT2D eigenvalue weighted by Gasteiger charge is -2.27. The predicted molar refractivity (Wildman–Crippen MR) is 137 cm³/mol. The average Bonchev–Trinajstić information content (AvgIpc) is 3.22. The molecule has 7 heteroatoms. The molecular weight excluding hydrogens is 440 g/mol. The van der Waals surface area contributed by atoms with Crippen LogP contribution in [0.25, 0.3) is 21.7 Å². The highest BCUT2D eigenvalue weighted by molar-refractivity contribution is 6.02. The molecule has 35 heavy (non-hydrogen) atoms. The van der Waals surface area contributed by atoms with Gasteiger partial charge < -0.3 is 20.7 Å². The molecule has 0 aliphatic heterocycles. The number of benzene rings is 3. The molecule has 0 atom stereocenters. The second kappa shape index (κ2) is 9.25. The van der Waals surface area contributed by atoms with E-state index in [2.05, 4.69) is 29.6 Å². The quantitative estimate of drug-likeness (QED) is 0.246. The molecule has 7 nitrogen and oxygen atoms in total. The maximum absolute atomic E-state index is 13.5. The molecule has 1 saturated carbocycles. The molecule has 0 bridgehead atoms. The van der Waals surface area contributed by atoms with Gasteiger partial charge in [0.05, 0.1) is 5.92 Å². The second-order valence-corrected chi connectivity index (χ2v) is 9.30. The summed E-state index contributed by atoms with van der Waals surface area (Å²) in [4.78, 5) is 24.8. The van der Waals surface area contributed by atoms with E-state index in [1.807, 2.05) is 41.0 Å². The molecule has 178 valence electrons. The summed E-state index contributed by atoms with van der Waals surface area (Å²) < 4.78 is 1.99. The Labute approximate surface area is 203 Å².